The van der Waals surface area contributed by atoms with Crippen LogP contribution in [0.2, 0.25) is 0 Å². The van der Waals surface area contributed by atoms with Crippen LogP contribution in [0.25, 0.3) is 0 Å². The molecule has 0 saturated heterocycles. The van der Waals surface area contributed by atoms with Crippen LogP contribution in [0.1, 0.15) is 23.8 Å². The minimum atomic E-state index is 0.626. The van der Waals surface area contributed by atoms with Gasteiger partial charge in [-0.05, 0) is 78.0 Å². The van der Waals surface area contributed by atoms with Crippen LogP contribution >= 0.6 is 43.2 Å². The van der Waals surface area contributed by atoms with Gasteiger partial charge in [-0.3, -0.25) is 0 Å². The third-order valence-electron chi connectivity index (χ3n) is 3.44. The number of benzene rings is 1. The maximum atomic E-state index is 3.67. The smallest absolute Gasteiger partial charge is 0.0701 e. The standard InChI is InChI=1S/C17H21Br2NS/c1-2-9-20-12-13(11-15-7-8-17(19)21-15)10-14-5-3-4-6-16(14)18/h3-8,13,20H,2,9-12H2,1H3. The zero-order valence-electron chi connectivity index (χ0n) is 12.2. The Morgan fingerprint density at radius 3 is 2.57 bits per heavy atom. The lowest BCUT2D eigenvalue weighted by atomic mass is 9.95. The zero-order valence-corrected chi connectivity index (χ0v) is 16.2. The SMILES string of the molecule is CCCNCC(Cc1ccc(Br)s1)Cc1ccccc1Br. The van der Waals surface area contributed by atoms with Crippen LogP contribution < -0.4 is 5.32 Å². The molecule has 0 spiro atoms. The molecule has 4 heteroatoms. The summed E-state index contributed by atoms with van der Waals surface area (Å²) in [4.78, 5) is 1.46. The molecule has 0 aliphatic heterocycles. The molecule has 114 valence electrons. The maximum absolute atomic E-state index is 3.67. The van der Waals surface area contributed by atoms with Crippen molar-refractivity contribution < 1.29 is 0 Å². The first kappa shape index (κ1) is 17.2. The van der Waals surface area contributed by atoms with Gasteiger partial charge < -0.3 is 5.32 Å². The molecule has 1 unspecified atom stereocenters. The van der Waals surface area contributed by atoms with Gasteiger partial charge in [0.2, 0.25) is 0 Å². The topological polar surface area (TPSA) is 12.0 Å². The molecule has 1 aromatic carbocycles. The minimum absolute atomic E-state index is 0.626. The Kier molecular flexibility index (Phi) is 7.44. The van der Waals surface area contributed by atoms with Crippen LogP contribution in [0.5, 0.6) is 0 Å². The van der Waals surface area contributed by atoms with Crippen molar-refractivity contribution >= 4 is 43.2 Å². The first-order chi connectivity index (χ1) is 10.2. The van der Waals surface area contributed by atoms with Crippen molar-refractivity contribution in [1.82, 2.24) is 5.32 Å². The summed E-state index contributed by atoms with van der Waals surface area (Å²) in [7, 11) is 0. The van der Waals surface area contributed by atoms with Crippen molar-refractivity contribution in [3.05, 3.63) is 55.1 Å². The Morgan fingerprint density at radius 2 is 1.90 bits per heavy atom. The Morgan fingerprint density at radius 1 is 1.10 bits per heavy atom. The summed E-state index contributed by atoms with van der Waals surface area (Å²) in [5.74, 6) is 0.626. The summed E-state index contributed by atoms with van der Waals surface area (Å²) in [5, 5.41) is 3.58. The second kappa shape index (κ2) is 9.09. The molecule has 0 bridgehead atoms. The second-order valence-corrected chi connectivity index (χ2v) is 8.68. The van der Waals surface area contributed by atoms with Gasteiger partial charge in [-0.2, -0.15) is 0 Å². The van der Waals surface area contributed by atoms with E-state index in [1.54, 1.807) is 0 Å². The van der Waals surface area contributed by atoms with E-state index < -0.39 is 0 Å². The van der Waals surface area contributed by atoms with Crippen LogP contribution in [-0.4, -0.2) is 13.1 Å². The first-order valence-electron chi connectivity index (χ1n) is 7.37. The van der Waals surface area contributed by atoms with Gasteiger partial charge in [0, 0.05) is 9.35 Å². The van der Waals surface area contributed by atoms with E-state index in [1.165, 1.54) is 25.1 Å². The van der Waals surface area contributed by atoms with E-state index in [9.17, 15) is 0 Å². The molecule has 2 rings (SSSR count). The van der Waals surface area contributed by atoms with Crippen LogP contribution in [-0.2, 0) is 12.8 Å². The fourth-order valence-corrected chi connectivity index (χ4v) is 4.46. The van der Waals surface area contributed by atoms with Crippen molar-refractivity contribution in [3.63, 3.8) is 0 Å². The molecular weight excluding hydrogens is 410 g/mol. The molecular formula is C17H21Br2NS. The van der Waals surface area contributed by atoms with E-state index in [0.29, 0.717) is 5.92 Å². The molecule has 1 N–H and O–H groups in total. The monoisotopic (exact) mass is 429 g/mol. The van der Waals surface area contributed by atoms with Crippen molar-refractivity contribution in [2.45, 2.75) is 26.2 Å². The Bertz CT molecular complexity index is 553. The van der Waals surface area contributed by atoms with E-state index in [1.807, 2.05) is 11.3 Å². The summed E-state index contributed by atoms with van der Waals surface area (Å²) in [6.07, 6.45) is 3.42. The zero-order chi connectivity index (χ0) is 15.1. The molecule has 1 heterocycles. The minimum Gasteiger partial charge on any atom is -0.316 e. The maximum Gasteiger partial charge on any atom is 0.0701 e. The fraction of sp³-hybridized carbons (Fsp3) is 0.412. The molecule has 1 aromatic heterocycles. The van der Waals surface area contributed by atoms with Gasteiger partial charge in [-0.25, -0.2) is 0 Å². The van der Waals surface area contributed by atoms with Gasteiger partial charge in [0.05, 0.1) is 3.79 Å². The molecule has 0 fully saturated rings. The molecule has 1 atom stereocenters. The van der Waals surface area contributed by atoms with Gasteiger partial charge in [-0.15, -0.1) is 11.3 Å². The highest BCUT2D eigenvalue weighted by Crippen LogP contribution is 2.26. The van der Waals surface area contributed by atoms with Crippen molar-refractivity contribution in [1.29, 1.82) is 0 Å². The third kappa shape index (κ3) is 5.85. The highest BCUT2D eigenvalue weighted by molar-refractivity contribution is 9.11. The van der Waals surface area contributed by atoms with Gasteiger partial charge in [0.25, 0.3) is 0 Å². The van der Waals surface area contributed by atoms with Crippen LogP contribution in [0.3, 0.4) is 0 Å². The summed E-state index contributed by atoms with van der Waals surface area (Å²) in [5.41, 5.74) is 1.40. The van der Waals surface area contributed by atoms with Crippen molar-refractivity contribution in [3.8, 4) is 0 Å². The van der Waals surface area contributed by atoms with Gasteiger partial charge in [0.1, 0.15) is 0 Å². The number of rotatable bonds is 8. The molecule has 0 amide bonds. The van der Waals surface area contributed by atoms with Gasteiger partial charge in [0.15, 0.2) is 0 Å². The molecule has 0 aliphatic rings. The first-order valence-corrected chi connectivity index (χ1v) is 9.77. The highest BCUT2D eigenvalue weighted by Gasteiger charge is 2.13. The van der Waals surface area contributed by atoms with E-state index in [0.717, 1.165) is 25.9 Å². The molecule has 0 radical (unpaired) electrons. The number of nitrogens with one attached hydrogen (secondary N) is 1. The number of hydrogen-bond acceptors (Lipinski definition) is 2. The third-order valence-corrected chi connectivity index (χ3v) is 5.86. The predicted molar refractivity (Wildman–Crippen MR) is 100 cm³/mol. The number of hydrogen-bond donors (Lipinski definition) is 1. The van der Waals surface area contributed by atoms with E-state index in [2.05, 4.69) is 80.5 Å². The predicted octanol–water partition coefficient (Wildman–Crippen LogP) is 5.67. The van der Waals surface area contributed by atoms with E-state index in [4.69, 9.17) is 0 Å². The molecule has 1 nitrogen and oxygen atoms in total. The molecule has 21 heavy (non-hydrogen) atoms. The fourth-order valence-electron chi connectivity index (χ4n) is 2.42. The van der Waals surface area contributed by atoms with Gasteiger partial charge in [-0.1, -0.05) is 41.1 Å². The normalized spacial score (nSPS) is 12.5. The lowest BCUT2D eigenvalue weighted by molar-refractivity contribution is 0.473. The number of thiophene rings is 1. The van der Waals surface area contributed by atoms with Crippen molar-refractivity contribution in [2.75, 3.05) is 13.1 Å². The summed E-state index contributed by atoms with van der Waals surface area (Å²) in [6.45, 7) is 4.39. The Labute approximate surface area is 148 Å². The second-order valence-electron chi connectivity index (χ2n) is 5.28. The summed E-state index contributed by atoms with van der Waals surface area (Å²) < 4.78 is 2.44. The quantitative estimate of drug-likeness (QED) is 0.531. The van der Waals surface area contributed by atoms with Crippen LogP contribution in [0.4, 0.5) is 0 Å². The summed E-state index contributed by atoms with van der Waals surface area (Å²) >= 11 is 9.08. The van der Waals surface area contributed by atoms with Gasteiger partial charge >= 0.3 is 0 Å². The molecule has 0 saturated carbocycles. The van der Waals surface area contributed by atoms with Crippen LogP contribution in [0, 0.1) is 5.92 Å². The Balaban J connectivity index is 2.02. The average Bonchev–Trinajstić information content (AvgIpc) is 2.87. The lowest BCUT2D eigenvalue weighted by Crippen LogP contribution is -2.26. The Hall–Kier alpha value is -0.160. The summed E-state index contributed by atoms with van der Waals surface area (Å²) in [6, 6.07) is 12.9. The average molecular weight is 431 g/mol. The van der Waals surface area contributed by atoms with Crippen molar-refractivity contribution in [2.24, 2.45) is 5.92 Å². The van der Waals surface area contributed by atoms with E-state index in [-0.39, 0.29) is 0 Å². The highest BCUT2D eigenvalue weighted by atomic mass is 79.9. The lowest BCUT2D eigenvalue weighted by Gasteiger charge is -2.18. The number of halogens is 2. The van der Waals surface area contributed by atoms with E-state index >= 15 is 0 Å². The molecule has 2 aromatic rings. The van der Waals surface area contributed by atoms with Crippen LogP contribution in [0.15, 0.2) is 44.7 Å². The largest absolute Gasteiger partial charge is 0.316 e. The molecule has 0 aliphatic carbocycles.